The predicted octanol–water partition coefficient (Wildman–Crippen LogP) is 2.41. The van der Waals surface area contributed by atoms with Gasteiger partial charge in [0.25, 0.3) is 0 Å². The molecule has 0 amide bonds. The maximum Gasteiger partial charge on any atom is 0.215 e. The first-order valence-corrected chi connectivity index (χ1v) is 6.93. The van der Waals surface area contributed by atoms with Gasteiger partial charge in [-0.2, -0.15) is 0 Å². The Bertz CT molecular complexity index is 604. The van der Waals surface area contributed by atoms with E-state index >= 15 is 0 Å². The van der Waals surface area contributed by atoms with Crippen LogP contribution < -0.4 is 0 Å². The van der Waals surface area contributed by atoms with Gasteiger partial charge in [0.15, 0.2) is 0 Å². The Morgan fingerprint density at radius 2 is 1.89 bits per heavy atom. The largest absolute Gasteiger partial charge is 0.225 e. The van der Waals surface area contributed by atoms with E-state index in [1.54, 1.807) is 11.7 Å². The molecule has 19 heavy (non-hydrogen) atoms. The molecule has 0 aliphatic carbocycles. The molecule has 2 aromatic heterocycles. The zero-order valence-corrected chi connectivity index (χ0v) is 13.0. The topological polar surface area (TPSA) is 69.4 Å². The average molecular weight is 299 g/mol. The van der Waals surface area contributed by atoms with Gasteiger partial charge < -0.3 is 0 Å². The first-order chi connectivity index (χ1) is 8.79. The van der Waals surface area contributed by atoms with E-state index in [-0.39, 0.29) is 5.41 Å². The lowest BCUT2D eigenvalue weighted by Gasteiger charge is -2.18. The number of tetrazole rings is 1. The molecule has 8 heteroatoms. The Kier molecular flexibility index (Phi) is 3.78. The van der Waals surface area contributed by atoms with Crippen LogP contribution in [-0.4, -0.2) is 30.2 Å². The molecule has 2 heterocycles. The van der Waals surface area contributed by atoms with Gasteiger partial charge in [-0.25, -0.2) is 14.6 Å². The second-order valence-electron chi connectivity index (χ2n) is 5.21. The number of nitrogens with zero attached hydrogens (tertiary/aromatic N) is 6. The normalized spacial score (nSPS) is 11.9. The highest BCUT2D eigenvalue weighted by Crippen LogP contribution is 2.31. The van der Waals surface area contributed by atoms with Crippen molar-refractivity contribution in [2.75, 3.05) is 0 Å². The van der Waals surface area contributed by atoms with E-state index in [1.807, 2.05) is 27.7 Å². The molecule has 0 aliphatic rings. The third-order valence-corrected chi connectivity index (χ3v) is 3.97. The Morgan fingerprint density at radius 3 is 2.42 bits per heavy atom. The Hall–Kier alpha value is -1.21. The number of hydrogen-bond donors (Lipinski definition) is 0. The summed E-state index contributed by atoms with van der Waals surface area (Å²) < 4.78 is 1.59. The van der Waals surface area contributed by atoms with Crippen LogP contribution in [-0.2, 0) is 12.5 Å². The first kappa shape index (κ1) is 14.2. The van der Waals surface area contributed by atoms with Crippen molar-refractivity contribution in [3.05, 3.63) is 16.5 Å². The molecule has 2 aromatic rings. The van der Waals surface area contributed by atoms with E-state index in [9.17, 15) is 0 Å². The molecule has 0 atom stereocenters. The molecule has 0 saturated heterocycles. The van der Waals surface area contributed by atoms with Crippen molar-refractivity contribution in [1.82, 2.24) is 30.2 Å². The van der Waals surface area contributed by atoms with Crippen molar-refractivity contribution >= 4 is 23.4 Å². The summed E-state index contributed by atoms with van der Waals surface area (Å²) in [6, 6.07) is 0. The van der Waals surface area contributed by atoms with Crippen LogP contribution in [0.1, 0.15) is 32.2 Å². The zero-order valence-electron chi connectivity index (χ0n) is 11.5. The van der Waals surface area contributed by atoms with Crippen molar-refractivity contribution in [3.63, 3.8) is 0 Å². The molecule has 0 aliphatic heterocycles. The van der Waals surface area contributed by atoms with Crippen LogP contribution in [0.2, 0.25) is 5.15 Å². The SMILES string of the molecule is Cc1c(Cl)nc(C(C)(C)C)nc1Sc1nnnn1C. The van der Waals surface area contributed by atoms with Crippen LogP contribution in [0.25, 0.3) is 0 Å². The standard InChI is InChI=1S/C11H15ClN6S/c1-6-7(12)13-9(11(2,3)4)14-8(6)19-10-15-16-17-18(10)5/h1-5H3. The Balaban J connectivity index is 2.45. The van der Waals surface area contributed by atoms with E-state index in [1.165, 1.54) is 11.8 Å². The molecule has 0 aromatic carbocycles. The summed E-state index contributed by atoms with van der Waals surface area (Å²) in [4.78, 5) is 8.92. The first-order valence-electron chi connectivity index (χ1n) is 5.74. The van der Waals surface area contributed by atoms with E-state index < -0.39 is 0 Å². The van der Waals surface area contributed by atoms with Crippen molar-refractivity contribution in [1.29, 1.82) is 0 Å². The lowest BCUT2D eigenvalue weighted by Crippen LogP contribution is -2.17. The highest BCUT2D eigenvalue weighted by atomic mass is 35.5. The quantitative estimate of drug-likeness (QED) is 0.793. The Labute approximate surface area is 121 Å². The fraction of sp³-hybridized carbons (Fsp3) is 0.545. The van der Waals surface area contributed by atoms with Gasteiger partial charge in [0, 0.05) is 18.0 Å². The Morgan fingerprint density at radius 1 is 1.21 bits per heavy atom. The van der Waals surface area contributed by atoms with Crippen LogP contribution in [0.3, 0.4) is 0 Å². The van der Waals surface area contributed by atoms with Crippen molar-refractivity contribution in [3.8, 4) is 0 Å². The monoisotopic (exact) mass is 298 g/mol. The lowest BCUT2D eigenvalue weighted by molar-refractivity contribution is 0.537. The molecule has 2 rings (SSSR count). The fourth-order valence-corrected chi connectivity index (χ4v) is 2.33. The molecule has 0 N–H and O–H groups in total. The highest BCUT2D eigenvalue weighted by Gasteiger charge is 2.21. The van der Waals surface area contributed by atoms with Gasteiger partial charge in [-0.15, -0.1) is 5.10 Å². The third-order valence-electron chi connectivity index (χ3n) is 2.48. The number of rotatable bonds is 2. The summed E-state index contributed by atoms with van der Waals surface area (Å²) in [6.07, 6.45) is 0. The van der Waals surface area contributed by atoms with E-state index in [0.717, 1.165) is 10.6 Å². The summed E-state index contributed by atoms with van der Waals surface area (Å²) in [7, 11) is 1.78. The van der Waals surface area contributed by atoms with Gasteiger partial charge in [-0.1, -0.05) is 32.4 Å². The van der Waals surface area contributed by atoms with E-state index in [0.29, 0.717) is 16.1 Å². The van der Waals surface area contributed by atoms with Gasteiger partial charge in [0.1, 0.15) is 16.0 Å². The van der Waals surface area contributed by atoms with Gasteiger partial charge in [0.2, 0.25) is 5.16 Å². The van der Waals surface area contributed by atoms with Crippen LogP contribution in [0, 0.1) is 6.92 Å². The molecular formula is C11H15ClN6S. The van der Waals surface area contributed by atoms with Gasteiger partial charge in [-0.3, -0.25) is 0 Å². The molecular weight excluding hydrogens is 284 g/mol. The van der Waals surface area contributed by atoms with Crippen LogP contribution in [0.4, 0.5) is 0 Å². The molecule has 0 spiro atoms. The smallest absolute Gasteiger partial charge is 0.215 e. The summed E-state index contributed by atoms with van der Waals surface area (Å²) in [5.41, 5.74) is 0.674. The molecule has 0 fully saturated rings. The number of aryl methyl sites for hydroxylation is 1. The summed E-state index contributed by atoms with van der Waals surface area (Å²) >= 11 is 7.57. The second-order valence-corrected chi connectivity index (χ2v) is 6.52. The van der Waals surface area contributed by atoms with Crippen LogP contribution >= 0.6 is 23.4 Å². The second kappa shape index (κ2) is 5.05. The molecule has 0 unspecified atom stereocenters. The van der Waals surface area contributed by atoms with Crippen LogP contribution in [0.15, 0.2) is 10.2 Å². The fourth-order valence-electron chi connectivity index (χ4n) is 1.30. The predicted molar refractivity (Wildman–Crippen MR) is 73.4 cm³/mol. The third kappa shape index (κ3) is 3.03. The van der Waals surface area contributed by atoms with Gasteiger partial charge >= 0.3 is 0 Å². The highest BCUT2D eigenvalue weighted by molar-refractivity contribution is 7.99. The summed E-state index contributed by atoms with van der Waals surface area (Å²) in [5, 5.41) is 13.3. The number of halogens is 1. The molecule has 0 bridgehead atoms. The molecule has 102 valence electrons. The summed E-state index contributed by atoms with van der Waals surface area (Å²) in [5.74, 6) is 0.709. The van der Waals surface area contributed by atoms with E-state index in [2.05, 4.69) is 25.5 Å². The average Bonchev–Trinajstić information content (AvgIpc) is 2.69. The van der Waals surface area contributed by atoms with Crippen molar-refractivity contribution in [2.24, 2.45) is 7.05 Å². The number of aromatic nitrogens is 6. The minimum absolute atomic E-state index is 0.162. The zero-order chi connectivity index (χ0) is 14.2. The molecule has 0 radical (unpaired) electrons. The number of hydrogen-bond acceptors (Lipinski definition) is 6. The van der Waals surface area contributed by atoms with Crippen LogP contribution in [0.5, 0.6) is 0 Å². The summed E-state index contributed by atoms with van der Waals surface area (Å²) in [6.45, 7) is 8.03. The van der Waals surface area contributed by atoms with Crippen molar-refractivity contribution in [2.45, 2.75) is 43.3 Å². The minimum Gasteiger partial charge on any atom is -0.225 e. The maximum atomic E-state index is 6.18. The lowest BCUT2D eigenvalue weighted by atomic mass is 9.96. The molecule has 6 nitrogen and oxygen atoms in total. The van der Waals surface area contributed by atoms with Crippen molar-refractivity contribution < 1.29 is 0 Å². The molecule has 0 saturated carbocycles. The maximum absolute atomic E-state index is 6.18. The van der Waals surface area contributed by atoms with Gasteiger partial charge in [-0.05, 0) is 29.1 Å². The van der Waals surface area contributed by atoms with E-state index in [4.69, 9.17) is 11.6 Å². The van der Waals surface area contributed by atoms with Gasteiger partial charge in [0.05, 0.1) is 0 Å². The minimum atomic E-state index is -0.162.